The predicted octanol–water partition coefficient (Wildman–Crippen LogP) is 3.33. The normalized spacial score (nSPS) is 20.5. The molecule has 0 aromatic heterocycles. The first kappa shape index (κ1) is 20.9. The summed E-state index contributed by atoms with van der Waals surface area (Å²) < 4.78 is 11.0. The van der Waals surface area contributed by atoms with E-state index in [0.717, 1.165) is 28.3 Å². The minimum absolute atomic E-state index is 0.00944. The SMILES string of the molecule is COc1ccccc1C(C)NC1=CC=NCC1(N)NC(C)c1ccccc1OC. The van der Waals surface area contributed by atoms with Crippen LogP contribution in [0.4, 0.5) is 0 Å². The lowest BCUT2D eigenvalue weighted by molar-refractivity contribution is 0.324. The number of benzene rings is 2. The van der Waals surface area contributed by atoms with E-state index in [0.29, 0.717) is 6.54 Å². The van der Waals surface area contributed by atoms with E-state index >= 15 is 0 Å². The zero-order valence-corrected chi connectivity index (χ0v) is 17.5. The van der Waals surface area contributed by atoms with Crippen molar-refractivity contribution in [3.05, 3.63) is 71.4 Å². The van der Waals surface area contributed by atoms with Crippen LogP contribution < -0.4 is 25.8 Å². The fourth-order valence-electron chi connectivity index (χ4n) is 3.68. The summed E-state index contributed by atoms with van der Waals surface area (Å²) >= 11 is 0. The second-order valence-electron chi connectivity index (χ2n) is 7.26. The molecule has 1 heterocycles. The summed E-state index contributed by atoms with van der Waals surface area (Å²) in [6.45, 7) is 4.60. The minimum Gasteiger partial charge on any atom is -0.496 e. The van der Waals surface area contributed by atoms with Crippen molar-refractivity contribution in [2.45, 2.75) is 31.6 Å². The zero-order chi connectivity index (χ0) is 20.9. The fourth-order valence-corrected chi connectivity index (χ4v) is 3.68. The molecule has 3 rings (SSSR count). The molecule has 3 atom stereocenters. The maximum Gasteiger partial charge on any atom is 0.128 e. The number of ether oxygens (including phenoxy) is 2. The molecule has 0 saturated heterocycles. The summed E-state index contributed by atoms with van der Waals surface area (Å²) in [6.07, 6.45) is 3.72. The molecule has 0 spiro atoms. The molecule has 6 nitrogen and oxygen atoms in total. The van der Waals surface area contributed by atoms with Gasteiger partial charge in [-0.2, -0.15) is 0 Å². The minimum atomic E-state index is -0.828. The number of hydrogen-bond acceptors (Lipinski definition) is 6. The van der Waals surface area contributed by atoms with Crippen LogP contribution in [0.5, 0.6) is 11.5 Å². The lowest BCUT2D eigenvalue weighted by Gasteiger charge is -2.38. The van der Waals surface area contributed by atoms with Crippen molar-refractivity contribution in [2.24, 2.45) is 10.7 Å². The van der Waals surface area contributed by atoms with Crippen molar-refractivity contribution in [3.8, 4) is 11.5 Å². The number of rotatable bonds is 8. The van der Waals surface area contributed by atoms with E-state index in [-0.39, 0.29) is 12.1 Å². The number of dihydropyridines is 1. The van der Waals surface area contributed by atoms with E-state index in [2.05, 4.69) is 35.5 Å². The van der Waals surface area contributed by atoms with Gasteiger partial charge in [-0.3, -0.25) is 10.3 Å². The maximum absolute atomic E-state index is 6.80. The predicted molar refractivity (Wildman–Crippen MR) is 117 cm³/mol. The molecule has 154 valence electrons. The van der Waals surface area contributed by atoms with Gasteiger partial charge in [-0.25, -0.2) is 0 Å². The Labute approximate surface area is 172 Å². The van der Waals surface area contributed by atoms with Crippen molar-refractivity contribution >= 4 is 6.21 Å². The molecule has 2 aromatic rings. The molecule has 3 unspecified atom stereocenters. The number of para-hydroxylation sites is 2. The average molecular weight is 395 g/mol. The van der Waals surface area contributed by atoms with Gasteiger partial charge in [-0.1, -0.05) is 36.4 Å². The molecule has 2 aromatic carbocycles. The van der Waals surface area contributed by atoms with Crippen molar-refractivity contribution in [2.75, 3.05) is 20.8 Å². The van der Waals surface area contributed by atoms with Gasteiger partial charge < -0.3 is 20.5 Å². The van der Waals surface area contributed by atoms with Crippen molar-refractivity contribution in [1.82, 2.24) is 10.6 Å². The topological polar surface area (TPSA) is 80.9 Å². The Morgan fingerprint density at radius 3 is 2.07 bits per heavy atom. The van der Waals surface area contributed by atoms with Crippen LogP contribution in [0.3, 0.4) is 0 Å². The maximum atomic E-state index is 6.80. The fraction of sp³-hybridized carbons (Fsp3) is 0.348. The molecule has 0 radical (unpaired) electrons. The molecule has 1 aliphatic heterocycles. The summed E-state index contributed by atoms with van der Waals surface area (Å²) in [5.74, 6) is 1.67. The number of nitrogens with two attached hydrogens (primary N) is 1. The van der Waals surface area contributed by atoms with Gasteiger partial charge in [0.15, 0.2) is 0 Å². The third kappa shape index (κ3) is 4.60. The molecule has 4 N–H and O–H groups in total. The Balaban J connectivity index is 1.81. The molecule has 0 amide bonds. The highest BCUT2D eigenvalue weighted by molar-refractivity contribution is 5.74. The van der Waals surface area contributed by atoms with Gasteiger partial charge in [0.25, 0.3) is 0 Å². The first-order chi connectivity index (χ1) is 14.0. The lowest BCUT2D eigenvalue weighted by atomic mass is 9.98. The van der Waals surface area contributed by atoms with E-state index < -0.39 is 5.66 Å². The van der Waals surface area contributed by atoms with Crippen LogP contribution in [-0.2, 0) is 0 Å². The van der Waals surface area contributed by atoms with Gasteiger partial charge in [0.1, 0.15) is 17.2 Å². The standard InChI is InChI=1S/C23H30N4O2/c1-16(18-9-5-7-11-20(18)28-3)26-22-13-14-25-15-23(22,24)27-17(2)19-10-6-8-12-21(19)29-4/h5-14,16-17,26-27H,15,24H2,1-4H3. The summed E-state index contributed by atoms with van der Waals surface area (Å²) in [5.41, 5.74) is 8.97. The Bertz CT molecular complexity index is 896. The number of methoxy groups -OCH3 is 2. The van der Waals surface area contributed by atoms with Crippen LogP contribution in [0.1, 0.15) is 37.1 Å². The quantitative estimate of drug-likeness (QED) is 0.599. The van der Waals surface area contributed by atoms with Crippen molar-refractivity contribution in [3.63, 3.8) is 0 Å². The number of nitrogens with one attached hydrogen (secondary N) is 2. The molecule has 0 fully saturated rings. The highest BCUT2D eigenvalue weighted by atomic mass is 16.5. The number of hydrogen-bond donors (Lipinski definition) is 3. The second-order valence-corrected chi connectivity index (χ2v) is 7.26. The Hall–Kier alpha value is -2.83. The molecule has 6 heteroatoms. The van der Waals surface area contributed by atoms with E-state index in [1.54, 1.807) is 20.4 Å². The molecule has 0 bridgehead atoms. The highest BCUT2D eigenvalue weighted by Gasteiger charge is 2.34. The van der Waals surface area contributed by atoms with Crippen LogP contribution in [0.2, 0.25) is 0 Å². The summed E-state index contributed by atoms with van der Waals surface area (Å²) in [6, 6.07) is 15.9. The Morgan fingerprint density at radius 2 is 1.48 bits per heavy atom. The molecule has 0 saturated carbocycles. The van der Waals surface area contributed by atoms with Crippen LogP contribution in [0.15, 0.2) is 65.3 Å². The first-order valence-electron chi connectivity index (χ1n) is 9.78. The van der Waals surface area contributed by atoms with Crippen LogP contribution in [0, 0.1) is 0 Å². The van der Waals surface area contributed by atoms with Crippen molar-refractivity contribution < 1.29 is 9.47 Å². The molecular weight excluding hydrogens is 364 g/mol. The smallest absolute Gasteiger partial charge is 0.128 e. The van der Waals surface area contributed by atoms with E-state index in [4.69, 9.17) is 15.2 Å². The largest absolute Gasteiger partial charge is 0.496 e. The Kier molecular flexibility index (Phi) is 6.56. The zero-order valence-electron chi connectivity index (χ0n) is 17.5. The van der Waals surface area contributed by atoms with Gasteiger partial charge in [-0.05, 0) is 32.1 Å². The van der Waals surface area contributed by atoms with Crippen LogP contribution >= 0.6 is 0 Å². The molecule has 0 aliphatic carbocycles. The number of nitrogens with zero attached hydrogens (tertiary/aromatic N) is 1. The third-order valence-corrected chi connectivity index (χ3v) is 5.22. The summed E-state index contributed by atoms with van der Waals surface area (Å²) in [7, 11) is 3.36. The lowest BCUT2D eigenvalue weighted by Crippen LogP contribution is -2.61. The van der Waals surface area contributed by atoms with Crippen LogP contribution in [-0.4, -0.2) is 32.6 Å². The third-order valence-electron chi connectivity index (χ3n) is 5.22. The van der Waals surface area contributed by atoms with Crippen LogP contribution in [0.25, 0.3) is 0 Å². The first-order valence-corrected chi connectivity index (χ1v) is 9.78. The van der Waals surface area contributed by atoms with Gasteiger partial charge in [-0.15, -0.1) is 0 Å². The van der Waals surface area contributed by atoms with E-state index in [9.17, 15) is 0 Å². The van der Waals surface area contributed by atoms with Gasteiger partial charge in [0.05, 0.1) is 26.8 Å². The monoisotopic (exact) mass is 394 g/mol. The van der Waals surface area contributed by atoms with E-state index in [1.165, 1.54) is 0 Å². The highest BCUT2D eigenvalue weighted by Crippen LogP contribution is 2.29. The Morgan fingerprint density at radius 1 is 0.931 bits per heavy atom. The molecule has 1 aliphatic rings. The van der Waals surface area contributed by atoms with E-state index in [1.807, 2.05) is 48.5 Å². The van der Waals surface area contributed by atoms with Gasteiger partial charge in [0.2, 0.25) is 0 Å². The summed E-state index contributed by atoms with van der Waals surface area (Å²) in [5, 5.41) is 7.10. The molecule has 29 heavy (non-hydrogen) atoms. The summed E-state index contributed by atoms with van der Waals surface area (Å²) in [4.78, 5) is 4.40. The average Bonchev–Trinajstić information content (AvgIpc) is 2.75. The number of allylic oxidation sites excluding steroid dienone is 1. The molecular formula is C23H30N4O2. The number of aliphatic imine (C=N–C) groups is 1. The van der Waals surface area contributed by atoms with Gasteiger partial charge in [0, 0.05) is 29.1 Å². The second kappa shape index (κ2) is 9.11. The van der Waals surface area contributed by atoms with Crippen molar-refractivity contribution in [1.29, 1.82) is 0 Å². The van der Waals surface area contributed by atoms with Gasteiger partial charge >= 0.3 is 0 Å².